The van der Waals surface area contributed by atoms with Crippen LogP contribution in [0.3, 0.4) is 0 Å². The number of allylic oxidation sites excluding steroid dienone is 4. The molecule has 0 aromatic heterocycles. The van der Waals surface area contributed by atoms with Crippen molar-refractivity contribution in [2.75, 3.05) is 0 Å². The molecule has 0 unspecified atom stereocenters. The lowest BCUT2D eigenvalue weighted by atomic mass is 10.2. The van der Waals surface area contributed by atoms with E-state index >= 15 is 0 Å². The number of fused-ring (bicyclic) bond motifs is 1. The number of Topliss-reactive ketones (excluding diaryl/α,β-unsaturated/α-hetero) is 1. The standard InChI is InChI=1S/C8H5NO2/c1-4-2-5-6(3-4)9-8(11)7(5)10/h2-3H,1H2,(H,9,11). The summed E-state index contributed by atoms with van der Waals surface area (Å²) in [6.07, 6.45) is 3.29. The molecule has 0 aromatic rings. The van der Waals surface area contributed by atoms with Gasteiger partial charge in [0.15, 0.2) is 0 Å². The van der Waals surface area contributed by atoms with Crippen LogP contribution in [0.25, 0.3) is 0 Å². The molecule has 1 aliphatic carbocycles. The molecule has 3 nitrogen and oxygen atoms in total. The number of hydrogen-bond donors (Lipinski definition) is 1. The summed E-state index contributed by atoms with van der Waals surface area (Å²) in [5.41, 5.74) is 1.79. The van der Waals surface area contributed by atoms with Crippen LogP contribution in [0.1, 0.15) is 0 Å². The molecular weight excluding hydrogens is 142 g/mol. The molecule has 1 heterocycles. The first kappa shape index (κ1) is 6.09. The minimum atomic E-state index is -0.546. The van der Waals surface area contributed by atoms with Gasteiger partial charge in [0.2, 0.25) is 0 Å². The molecule has 0 spiro atoms. The topological polar surface area (TPSA) is 46.2 Å². The van der Waals surface area contributed by atoms with Gasteiger partial charge in [-0.15, -0.1) is 0 Å². The Labute approximate surface area is 63.1 Å². The van der Waals surface area contributed by atoms with Crippen LogP contribution in [-0.2, 0) is 9.59 Å². The zero-order chi connectivity index (χ0) is 8.01. The number of hydrogen-bond acceptors (Lipinski definition) is 2. The van der Waals surface area contributed by atoms with Gasteiger partial charge in [0, 0.05) is 0 Å². The first-order valence-corrected chi connectivity index (χ1v) is 3.17. The molecule has 2 aliphatic rings. The van der Waals surface area contributed by atoms with E-state index in [0.29, 0.717) is 11.3 Å². The molecule has 3 heteroatoms. The number of nitrogens with one attached hydrogen (secondary N) is 1. The molecule has 1 aliphatic heterocycles. The highest BCUT2D eigenvalue weighted by atomic mass is 16.2. The van der Waals surface area contributed by atoms with Gasteiger partial charge in [0.05, 0.1) is 11.3 Å². The van der Waals surface area contributed by atoms with Crippen molar-refractivity contribution in [3.63, 3.8) is 0 Å². The number of ketones is 1. The first-order valence-electron chi connectivity index (χ1n) is 3.17. The molecule has 1 N–H and O–H groups in total. The van der Waals surface area contributed by atoms with E-state index < -0.39 is 11.7 Å². The number of carbonyl (C=O) groups is 2. The van der Waals surface area contributed by atoms with Gasteiger partial charge in [-0.05, 0) is 17.7 Å². The third-order valence-corrected chi connectivity index (χ3v) is 1.65. The van der Waals surface area contributed by atoms with Gasteiger partial charge in [-0.2, -0.15) is 0 Å². The predicted octanol–water partition coefficient (Wildman–Crippen LogP) is 0.0654. The van der Waals surface area contributed by atoms with E-state index in [0.717, 1.165) is 5.57 Å². The normalized spacial score (nSPS) is 21.3. The molecule has 0 saturated carbocycles. The second-order valence-electron chi connectivity index (χ2n) is 2.47. The van der Waals surface area contributed by atoms with Crippen molar-refractivity contribution >= 4 is 11.7 Å². The van der Waals surface area contributed by atoms with E-state index in [4.69, 9.17) is 0 Å². The van der Waals surface area contributed by atoms with Crippen LogP contribution in [0.15, 0.2) is 35.6 Å². The summed E-state index contributed by atoms with van der Waals surface area (Å²) >= 11 is 0. The first-order chi connectivity index (χ1) is 5.18. The van der Waals surface area contributed by atoms with Crippen molar-refractivity contribution in [2.24, 2.45) is 0 Å². The maximum atomic E-state index is 11.0. The monoisotopic (exact) mass is 147 g/mol. The quantitative estimate of drug-likeness (QED) is 0.492. The molecular formula is C8H5NO2. The Morgan fingerprint density at radius 2 is 2.00 bits per heavy atom. The fourth-order valence-corrected chi connectivity index (χ4v) is 1.16. The maximum Gasteiger partial charge on any atom is 0.296 e. The molecule has 2 rings (SSSR count). The summed E-state index contributed by atoms with van der Waals surface area (Å²) in [5, 5.41) is 2.44. The van der Waals surface area contributed by atoms with Crippen LogP contribution >= 0.6 is 0 Å². The lowest BCUT2D eigenvalue weighted by Gasteiger charge is -1.87. The zero-order valence-corrected chi connectivity index (χ0v) is 5.68. The number of carbonyl (C=O) groups excluding carboxylic acids is 2. The SMILES string of the molecule is C=C1C=C2NC(=O)C(=O)C2=C1. The van der Waals surface area contributed by atoms with Gasteiger partial charge in [0.25, 0.3) is 11.7 Å². The highest BCUT2D eigenvalue weighted by Crippen LogP contribution is 2.24. The fraction of sp³-hybridized carbons (Fsp3) is 0. The minimum absolute atomic E-state index is 0.444. The van der Waals surface area contributed by atoms with Crippen LogP contribution in [0.4, 0.5) is 0 Å². The van der Waals surface area contributed by atoms with Crippen molar-refractivity contribution in [3.8, 4) is 0 Å². The smallest absolute Gasteiger partial charge is 0.296 e. The summed E-state index contributed by atoms with van der Waals surface area (Å²) in [6.45, 7) is 3.64. The summed E-state index contributed by atoms with van der Waals surface area (Å²) in [7, 11) is 0. The molecule has 0 bridgehead atoms. The Morgan fingerprint density at radius 3 is 2.64 bits per heavy atom. The highest BCUT2D eigenvalue weighted by molar-refractivity contribution is 6.47. The average molecular weight is 147 g/mol. The van der Waals surface area contributed by atoms with Crippen LogP contribution in [0, 0.1) is 0 Å². The van der Waals surface area contributed by atoms with Crippen LogP contribution in [0.2, 0.25) is 0 Å². The molecule has 0 atom stereocenters. The Hall–Kier alpha value is -1.64. The Morgan fingerprint density at radius 1 is 1.27 bits per heavy atom. The lowest BCUT2D eigenvalue weighted by Crippen LogP contribution is -2.18. The van der Waals surface area contributed by atoms with Gasteiger partial charge in [-0.1, -0.05) is 6.58 Å². The second-order valence-corrected chi connectivity index (χ2v) is 2.47. The van der Waals surface area contributed by atoms with Crippen molar-refractivity contribution in [2.45, 2.75) is 0 Å². The Bertz CT molecular complexity index is 347. The van der Waals surface area contributed by atoms with Crippen LogP contribution in [-0.4, -0.2) is 11.7 Å². The largest absolute Gasteiger partial charge is 0.318 e. The molecule has 1 fully saturated rings. The average Bonchev–Trinajstić information content (AvgIpc) is 2.37. The Kier molecular flexibility index (Phi) is 0.938. The van der Waals surface area contributed by atoms with Crippen LogP contribution < -0.4 is 5.32 Å². The molecule has 0 radical (unpaired) electrons. The van der Waals surface area contributed by atoms with Gasteiger partial charge < -0.3 is 5.32 Å². The van der Waals surface area contributed by atoms with Gasteiger partial charge in [-0.3, -0.25) is 9.59 Å². The second kappa shape index (κ2) is 1.69. The molecule has 1 saturated heterocycles. The van der Waals surface area contributed by atoms with E-state index in [2.05, 4.69) is 11.9 Å². The summed E-state index contributed by atoms with van der Waals surface area (Å²) in [5.74, 6) is -1.01. The van der Waals surface area contributed by atoms with E-state index in [1.807, 2.05) is 0 Å². The summed E-state index contributed by atoms with van der Waals surface area (Å²) in [6, 6.07) is 0. The highest BCUT2D eigenvalue weighted by Gasteiger charge is 2.33. The number of rotatable bonds is 0. The third-order valence-electron chi connectivity index (χ3n) is 1.65. The third kappa shape index (κ3) is 0.676. The van der Waals surface area contributed by atoms with Crippen molar-refractivity contribution in [1.29, 1.82) is 0 Å². The fourth-order valence-electron chi connectivity index (χ4n) is 1.16. The summed E-state index contributed by atoms with van der Waals surface area (Å²) < 4.78 is 0. The van der Waals surface area contributed by atoms with E-state index in [1.165, 1.54) is 0 Å². The van der Waals surface area contributed by atoms with Crippen LogP contribution in [0.5, 0.6) is 0 Å². The molecule has 54 valence electrons. The Balaban J connectivity index is 2.55. The molecule has 1 amide bonds. The van der Waals surface area contributed by atoms with Crippen molar-refractivity contribution < 1.29 is 9.59 Å². The van der Waals surface area contributed by atoms with E-state index in [9.17, 15) is 9.59 Å². The van der Waals surface area contributed by atoms with Gasteiger partial charge >= 0.3 is 0 Å². The summed E-state index contributed by atoms with van der Waals surface area (Å²) in [4.78, 5) is 21.7. The van der Waals surface area contributed by atoms with Gasteiger partial charge in [0.1, 0.15) is 0 Å². The van der Waals surface area contributed by atoms with Crippen molar-refractivity contribution in [1.82, 2.24) is 5.32 Å². The molecule has 11 heavy (non-hydrogen) atoms. The number of amides is 1. The van der Waals surface area contributed by atoms with E-state index in [-0.39, 0.29) is 0 Å². The van der Waals surface area contributed by atoms with Gasteiger partial charge in [-0.25, -0.2) is 0 Å². The lowest BCUT2D eigenvalue weighted by molar-refractivity contribution is -0.133. The van der Waals surface area contributed by atoms with E-state index in [1.54, 1.807) is 12.2 Å². The minimum Gasteiger partial charge on any atom is -0.318 e. The predicted molar refractivity (Wildman–Crippen MR) is 38.5 cm³/mol. The zero-order valence-electron chi connectivity index (χ0n) is 5.68. The molecule has 0 aromatic carbocycles. The van der Waals surface area contributed by atoms with Crippen molar-refractivity contribution in [3.05, 3.63) is 35.6 Å². The maximum absolute atomic E-state index is 11.0.